The third-order valence-corrected chi connectivity index (χ3v) is 8.78. The third-order valence-electron chi connectivity index (χ3n) is 8.78. The molecule has 12 heteroatoms. The van der Waals surface area contributed by atoms with Crippen molar-refractivity contribution in [2.75, 3.05) is 0 Å². The smallest absolute Gasteiger partial charge is 0.338 e. The molecular formula is C39H37F2N5O5. The number of halogens is 2. The van der Waals surface area contributed by atoms with E-state index in [0.717, 1.165) is 39.9 Å². The summed E-state index contributed by atoms with van der Waals surface area (Å²) in [5, 5.41) is 10.00. The molecule has 1 aliphatic rings. The standard InChI is InChI=1S/C39H37F2N5O5/c1-21-6-8-23(9-7-21)17-34(47)28-20-43-46-33(18-32(44-35(28)46)36(48)42-19-24-10-14-29(40)30(41)16-24)37(49)45-31-15-13-25-22(2)26(11-12-27(25)31)38(50)51-39(3,4)5/h6-12,14,16,18,20,31H,13,15,17,19H2,1-5H3,(H,42,48)(H,45,49)/t31-/m0/s1. The van der Waals surface area contributed by atoms with Crippen LogP contribution in [0.4, 0.5) is 8.78 Å². The maximum atomic E-state index is 14.0. The summed E-state index contributed by atoms with van der Waals surface area (Å²) < 4.78 is 34.1. The highest BCUT2D eigenvalue weighted by molar-refractivity contribution is 6.04. The second-order valence-electron chi connectivity index (χ2n) is 13.7. The predicted molar refractivity (Wildman–Crippen MR) is 185 cm³/mol. The Labute approximate surface area is 293 Å². The van der Waals surface area contributed by atoms with E-state index >= 15 is 0 Å². The largest absolute Gasteiger partial charge is 0.456 e. The first-order valence-corrected chi connectivity index (χ1v) is 16.5. The van der Waals surface area contributed by atoms with Gasteiger partial charge in [-0.3, -0.25) is 14.4 Å². The van der Waals surface area contributed by atoms with Crippen molar-refractivity contribution in [2.24, 2.45) is 0 Å². The van der Waals surface area contributed by atoms with Crippen molar-refractivity contribution in [3.63, 3.8) is 0 Å². The summed E-state index contributed by atoms with van der Waals surface area (Å²) in [6, 6.07) is 15.1. The maximum absolute atomic E-state index is 14.0. The fourth-order valence-corrected chi connectivity index (χ4v) is 6.16. The van der Waals surface area contributed by atoms with Gasteiger partial charge >= 0.3 is 5.97 Å². The van der Waals surface area contributed by atoms with Crippen LogP contribution in [0.25, 0.3) is 5.65 Å². The van der Waals surface area contributed by atoms with Crippen LogP contribution >= 0.6 is 0 Å². The highest BCUT2D eigenvalue weighted by atomic mass is 19.2. The molecular weight excluding hydrogens is 656 g/mol. The van der Waals surface area contributed by atoms with Crippen molar-refractivity contribution in [3.8, 4) is 0 Å². The van der Waals surface area contributed by atoms with Gasteiger partial charge in [-0.1, -0.05) is 42.0 Å². The first-order valence-electron chi connectivity index (χ1n) is 16.5. The average Bonchev–Trinajstić information content (AvgIpc) is 3.70. The molecule has 0 spiro atoms. The summed E-state index contributed by atoms with van der Waals surface area (Å²) in [4.78, 5) is 58.2. The van der Waals surface area contributed by atoms with Gasteiger partial charge in [-0.05, 0) is 93.5 Å². The molecule has 0 bridgehead atoms. The monoisotopic (exact) mass is 693 g/mol. The predicted octanol–water partition coefficient (Wildman–Crippen LogP) is 6.35. The molecule has 0 fully saturated rings. The lowest BCUT2D eigenvalue weighted by atomic mass is 9.97. The minimum atomic E-state index is -1.05. The van der Waals surface area contributed by atoms with Crippen LogP contribution in [-0.4, -0.2) is 43.8 Å². The van der Waals surface area contributed by atoms with E-state index in [-0.39, 0.29) is 41.3 Å². The number of hydrogen-bond acceptors (Lipinski definition) is 7. The second kappa shape index (κ2) is 13.9. The normalized spacial score (nSPS) is 13.9. The number of rotatable bonds is 9. The van der Waals surface area contributed by atoms with Gasteiger partial charge in [0.2, 0.25) is 0 Å². The number of nitrogens with one attached hydrogen (secondary N) is 2. The molecule has 1 aliphatic carbocycles. The molecule has 0 aliphatic heterocycles. The van der Waals surface area contributed by atoms with Crippen LogP contribution < -0.4 is 10.6 Å². The van der Waals surface area contributed by atoms with Crippen LogP contribution in [0.3, 0.4) is 0 Å². The van der Waals surface area contributed by atoms with E-state index in [2.05, 4.69) is 20.7 Å². The molecule has 0 radical (unpaired) electrons. The Morgan fingerprint density at radius 1 is 0.902 bits per heavy atom. The minimum absolute atomic E-state index is 0.0161. The van der Waals surface area contributed by atoms with Gasteiger partial charge in [0.25, 0.3) is 11.8 Å². The average molecular weight is 694 g/mol. The van der Waals surface area contributed by atoms with Crippen LogP contribution in [0.1, 0.15) is 108 Å². The Hall–Kier alpha value is -5.78. The summed E-state index contributed by atoms with van der Waals surface area (Å²) in [6.45, 7) is 9.07. The lowest BCUT2D eigenvalue weighted by molar-refractivity contribution is 0.00682. The van der Waals surface area contributed by atoms with E-state index in [9.17, 15) is 28.0 Å². The fraction of sp³-hybridized carbons (Fsp3) is 0.282. The number of ketones is 1. The van der Waals surface area contributed by atoms with E-state index in [1.807, 2.05) is 44.2 Å². The number of benzene rings is 3. The number of carbonyl (C=O) groups is 4. The Bertz CT molecular complexity index is 2200. The molecule has 1 atom stereocenters. The molecule has 3 aromatic carbocycles. The Morgan fingerprint density at radius 2 is 1.63 bits per heavy atom. The van der Waals surface area contributed by atoms with Crippen molar-refractivity contribution in [3.05, 3.63) is 134 Å². The number of aromatic nitrogens is 3. The van der Waals surface area contributed by atoms with Crippen molar-refractivity contribution in [1.82, 2.24) is 25.2 Å². The molecule has 2 heterocycles. The number of carbonyl (C=O) groups excluding carboxylic acids is 4. The van der Waals surface area contributed by atoms with E-state index in [0.29, 0.717) is 24.0 Å². The van der Waals surface area contributed by atoms with Crippen molar-refractivity contribution in [1.29, 1.82) is 0 Å². The van der Waals surface area contributed by atoms with Crippen LogP contribution in [0.5, 0.6) is 0 Å². The van der Waals surface area contributed by atoms with Crippen LogP contribution in [-0.2, 0) is 24.1 Å². The van der Waals surface area contributed by atoms with Gasteiger partial charge in [-0.25, -0.2) is 23.1 Å². The molecule has 2 N–H and O–H groups in total. The quantitative estimate of drug-likeness (QED) is 0.136. The molecule has 0 saturated carbocycles. The maximum Gasteiger partial charge on any atom is 0.338 e. The number of aryl methyl sites for hydroxylation is 1. The fourth-order valence-electron chi connectivity index (χ4n) is 6.16. The van der Waals surface area contributed by atoms with E-state index in [1.165, 1.54) is 22.8 Å². The second-order valence-corrected chi connectivity index (χ2v) is 13.7. The molecule has 6 rings (SSSR count). The van der Waals surface area contributed by atoms with Crippen molar-refractivity contribution >= 4 is 29.2 Å². The van der Waals surface area contributed by atoms with E-state index in [4.69, 9.17) is 4.74 Å². The molecule has 5 aromatic rings. The highest BCUT2D eigenvalue weighted by Crippen LogP contribution is 2.35. The number of fused-ring (bicyclic) bond motifs is 2. The summed E-state index contributed by atoms with van der Waals surface area (Å²) >= 11 is 0. The van der Waals surface area contributed by atoms with Gasteiger partial charge in [0.1, 0.15) is 17.0 Å². The Balaban J connectivity index is 1.31. The van der Waals surface area contributed by atoms with Crippen molar-refractivity contribution in [2.45, 2.75) is 72.1 Å². The van der Waals surface area contributed by atoms with Crippen LogP contribution in [0, 0.1) is 25.5 Å². The summed E-state index contributed by atoms with van der Waals surface area (Å²) in [6.07, 6.45) is 2.55. The van der Waals surface area contributed by atoms with Gasteiger partial charge in [0.05, 0.1) is 23.4 Å². The Morgan fingerprint density at radius 3 is 2.33 bits per heavy atom. The number of Topliss-reactive ketones (excluding diaryl/α,β-unsaturated/α-hetero) is 1. The van der Waals surface area contributed by atoms with Crippen molar-refractivity contribution < 1.29 is 32.7 Å². The molecule has 0 unspecified atom stereocenters. The van der Waals surface area contributed by atoms with Gasteiger partial charge in [-0.15, -0.1) is 0 Å². The lowest BCUT2D eigenvalue weighted by Gasteiger charge is -2.21. The van der Waals surface area contributed by atoms with Gasteiger partial charge in [0.15, 0.2) is 23.1 Å². The van der Waals surface area contributed by atoms with E-state index in [1.54, 1.807) is 26.8 Å². The topological polar surface area (TPSA) is 132 Å². The summed E-state index contributed by atoms with van der Waals surface area (Å²) in [7, 11) is 0. The first kappa shape index (κ1) is 35.1. The minimum Gasteiger partial charge on any atom is -0.456 e. The van der Waals surface area contributed by atoms with E-state index < -0.39 is 41.1 Å². The molecule has 262 valence electrons. The molecule has 0 saturated heterocycles. The third kappa shape index (κ3) is 7.54. The number of ether oxygens (including phenoxy) is 1. The zero-order valence-corrected chi connectivity index (χ0v) is 28.9. The number of hydrogen-bond donors (Lipinski definition) is 2. The highest BCUT2D eigenvalue weighted by Gasteiger charge is 2.30. The van der Waals surface area contributed by atoms with Crippen LogP contribution in [0.2, 0.25) is 0 Å². The van der Waals surface area contributed by atoms with Gasteiger partial charge < -0.3 is 15.4 Å². The number of nitrogens with zero attached hydrogens (tertiary/aromatic N) is 3. The number of esters is 1. The summed E-state index contributed by atoms with van der Waals surface area (Å²) in [5.74, 6) is -4.07. The van der Waals surface area contributed by atoms with Gasteiger partial charge in [0, 0.05) is 19.0 Å². The first-order chi connectivity index (χ1) is 24.2. The van der Waals surface area contributed by atoms with Gasteiger partial charge in [-0.2, -0.15) is 5.10 Å². The Kier molecular flexibility index (Phi) is 9.52. The molecule has 10 nitrogen and oxygen atoms in total. The molecule has 2 amide bonds. The zero-order valence-electron chi connectivity index (χ0n) is 28.9. The number of amides is 2. The molecule has 2 aromatic heterocycles. The SMILES string of the molecule is Cc1ccc(CC(=O)c2cnn3c(C(=O)N[C@H]4CCc5c4ccc(C(=O)OC(C)(C)C)c5C)cc(C(=O)NCc4ccc(F)c(F)c4)nc23)cc1. The molecule has 51 heavy (non-hydrogen) atoms. The zero-order chi connectivity index (χ0) is 36.6. The summed E-state index contributed by atoms with van der Waals surface area (Å²) in [5.41, 5.74) is 4.45. The lowest BCUT2D eigenvalue weighted by Crippen LogP contribution is -2.31. The van der Waals surface area contributed by atoms with Crippen LogP contribution in [0.15, 0.2) is 66.9 Å².